The normalized spacial score (nSPS) is 18.5. The van der Waals surface area contributed by atoms with E-state index in [4.69, 9.17) is 0 Å². The fraction of sp³-hybridized carbons (Fsp3) is 0.600. The van der Waals surface area contributed by atoms with E-state index < -0.39 is 0 Å². The fourth-order valence-electron chi connectivity index (χ4n) is 2.60. The van der Waals surface area contributed by atoms with Gasteiger partial charge in [0.1, 0.15) is 0 Å². The van der Waals surface area contributed by atoms with E-state index in [1.807, 2.05) is 7.05 Å². The summed E-state index contributed by atoms with van der Waals surface area (Å²) >= 11 is 0. The molecule has 1 fully saturated rings. The van der Waals surface area contributed by atoms with Crippen molar-refractivity contribution in [1.82, 2.24) is 5.32 Å². The molecule has 1 heteroatoms. The first-order chi connectivity index (χ1) is 7.72. The highest BCUT2D eigenvalue weighted by atomic mass is 14.9. The Bertz CT molecular complexity index is 322. The molecule has 0 radical (unpaired) electrons. The highest BCUT2D eigenvalue weighted by molar-refractivity contribution is 5.28. The Hall–Kier alpha value is -0.820. The monoisotopic (exact) mass is 217 g/mol. The summed E-state index contributed by atoms with van der Waals surface area (Å²) in [7, 11) is 2.05. The highest BCUT2D eigenvalue weighted by Gasteiger charge is 2.20. The molecule has 0 saturated heterocycles. The maximum atomic E-state index is 3.39. The quantitative estimate of drug-likeness (QED) is 0.807. The van der Waals surface area contributed by atoms with Gasteiger partial charge in [-0.25, -0.2) is 0 Å². The number of hydrogen-bond acceptors (Lipinski definition) is 1. The van der Waals surface area contributed by atoms with Crippen molar-refractivity contribution in [3.05, 3.63) is 35.4 Å². The third kappa shape index (κ3) is 2.30. The molecule has 0 spiro atoms. The van der Waals surface area contributed by atoms with Gasteiger partial charge in [0.15, 0.2) is 0 Å². The van der Waals surface area contributed by atoms with Gasteiger partial charge < -0.3 is 5.32 Å². The van der Waals surface area contributed by atoms with E-state index in [1.165, 1.54) is 30.4 Å². The van der Waals surface area contributed by atoms with Gasteiger partial charge in [-0.15, -0.1) is 0 Å². The molecule has 1 atom stereocenters. The van der Waals surface area contributed by atoms with Gasteiger partial charge in [-0.1, -0.05) is 44.5 Å². The maximum Gasteiger partial charge on any atom is 0.0340 e. The van der Waals surface area contributed by atoms with Crippen molar-refractivity contribution >= 4 is 0 Å². The van der Waals surface area contributed by atoms with E-state index >= 15 is 0 Å². The second kappa shape index (κ2) is 5.01. The predicted octanol–water partition coefficient (Wildman–Crippen LogP) is 3.87. The SMILES string of the molecule is CNC(c1ccc(C2CCC2)cc1)C(C)C. The van der Waals surface area contributed by atoms with Gasteiger partial charge in [-0.2, -0.15) is 0 Å². The lowest BCUT2D eigenvalue weighted by atomic mass is 9.79. The third-order valence-corrected chi connectivity index (χ3v) is 3.85. The molecule has 0 amide bonds. The van der Waals surface area contributed by atoms with Crippen molar-refractivity contribution in [2.75, 3.05) is 7.05 Å². The van der Waals surface area contributed by atoms with Gasteiger partial charge in [0.25, 0.3) is 0 Å². The Morgan fingerprint density at radius 2 is 1.75 bits per heavy atom. The summed E-state index contributed by atoms with van der Waals surface area (Å²) in [5, 5.41) is 3.39. The first-order valence-corrected chi connectivity index (χ1v) is 6.49. The molecular weight excluding hydrogens is 194 g/mol. The standard InChI is InChI=1S/C15H23N/c1-11(2)15(16-3)14-9-7-13(8-10-14)12-5-4-6-12/h7-12,15-16H,4-6H2,1-3H3. The summed E-state index contributed by atoms with van der Waals surface area (Å²) in [6, 6.07) is 9.73. The van der Waals surface area contributed by atoms with Crippen LogP contribution in [0.25, 0.3) is 0 Å². The van der Waals surface area contributed by atoms with Crippen LogP contribution in [-0.2, 0) is 0 Å². The largest absolute Gasteiger partial charge is 0.313 e. The molecule has 0 heterocycles. The molecule has 1 aliphatic carbocycles. The molecule has 1 unspecified atom stereocenters. The lowest BCUT2D eigenvalue weighted by molar-refractivity contribution is 0.418. The van der Waals surface area contributed by atoms with E-state index in [9.17, 15) is 0 Å². The van der Waals surface area contributed by atoms with Crippen LogP contribution in [0.1, 0.15) is 56.2 Å². The van der Waals surface area contributed by atoms with Crippen LogP contribution < -0.4 is 5.32 Å². The molecule has 2 rings (SSSR count). The second-order valence-electron chi connectivity index (χ2n) is 5.30. The number of benzene rings is 1. The first kappa shape index (κ1) is 11.7. The molecule has 1 nitrogen and oxygen atoms in total. The number of nitrogens with one attached hydrogen (secondary N) is 1. The van der Waals surface area contributed by atoms with Crippen molar-refractivity contribution in [3.63, 3.8) is 0 Å². The van der Waals surface area contributed by atoms with Crippen LogP contribution in [0, 0.1) is 5.92 Å². The minimum absolute atomic E-state index is 0.482. The molecule has 0 aliphatic heterocycles. The van der Waals surface area contributed by atoms with Crippen molar-refractivity contribution < 1.29 is 0 Å². The Morgan fingerprint density at radius 1 is 1.12 bits per heavy atom. The zero-order chi connectivity index (χ0) is 11.5. The molecule has 1 aromatic carbocycles. The van der Waals surface area contributed by atoms with Crippen LogP contribution in [0.15, 0.2) is 24.3 Å². The van der Waals surface area contributed by atoms with Crippen molar-refractivity contribution in [1.29, 1.82) is 0 Å². The number of hydrogen-bond donors (Lipinski definition) is 1. The van der Waals surface area contributed by atoms with Gasteiger partial charge in [-0.05, 0) is 42.9 Å². The Morgan fingerprint density at radius 3 is 2.12 bits per heavy atom. The average molecular weight is 217 g/mol. The minimum Gasteiger partial charge on any atom is -0.313 e. The summed E-state index contributed by atoms with van der Waals surface area (Å²) < 4.78 is 0. The van der Waals surface area contributed by atoms with Crippen LogP contribution in [0.5, 0.6) is 0 Å². The van der Waals surface area contributed by atoms with Gasteiger partial charge in [0.2, 0.25) is 0 Å². The topological polar surface area (TPSA) is 12.0 Å². The zero-order valence-electron chi connectivity index (χ0n) is 10.7. The Balaban J connectivity index is 2.11. The van der Waals surface area contributed by atoms with Crippen LogP contribution in [0.4, 0.5) is 0 Å². The second-order valence-corrected chi connectivity index (χ2v) is 5.30. The van der Waals surface area contributed by atoms with E-state index in [0.29, 0.717) is 12.0 Å². The summed E-state index contributed by atoms with van der Waals surface area (Å²) in [6.45, 7) is 4.53. The van der Waals surface area contributed by atoms with Crippen LogP contribution in [-0.4, -0.2) is 7.05 Å². The summed E-state index contributed by atoms with van der Waals surface area (Å²) in [5.74, 6) is 1.49. The van der Waals surface area contributed by atoms with Crippen LogP contribution in [0.2, 0.25) is 0 Å². The molecular formula is C15H23N. The highest BCUT2D eigenvalue weighted by Crippen LogP contribution is 2.36. The first-order valence-electron chi connectivity index (χ1n) is 6.49. The van der Waals surface area contributed by atoms with E-state index in [1.54, 1.807) is 0 Å². The fourth-order valence-corrected chi connectivity index (χ4v) is 2.60. The molecule has 1 N–H and O–H groups in total. The van der Waals surface area contributed by atoms with Crippen LogP contribution >= 0.6 is 0 Å². The van der Waals surface area contributed by atoms with Gasteiger partial charge >= 0.3 is 0 Å². The van der Waals surface area contributed by atoms with Crippen LogP contribution in [0.3, 0.4) is 0 Å². The van der Waals surface area contributed by atoms with E-state index in [-0.39, 0.29) is 0 Å². The van der Waals surface area contributed by atoms with Gasteiger partial charge in [-0.3, -0.25) is 0 Å². The van der Waals surface area contributed by atoms with Crippen molar-refractivity contribution in [3.8, 4) is 0 Å². The molecule has 1 aliphatic rings. The molecule has 88 valence electrons. The Labute approximate surface area is 99.3 Å². The smallest absolute Gasteiger partial charge is 0.0340 e. The van der Waals surface area contributed by atoms with E-state index in [2.05, 4.69) is 43.4 Å². The third-order valence-electron chi connectivity index (χ3n) is 3.85. The molecule has 0 bridgehead atoms. The predicted molar refractivity (Wildman–Crippen MR) is 69.7 cm³/mol. The van der Waals surface area contributed by atoms with E-state index in [0.717, 1.165) is 5.92 Å². The molecule has 1 saturated carbocycles. The van der Waals surface area contributed by atoms with Crippen molar-refractivity contribution in [2.45, 2.75) is 45.1 Å². The average Bonchev–Trinajstić information content (AvgIpc) is 2.18. The molecule has 16 heavy (non-hydrogen) atoms. The minimum atomic E-state index is 0.482. The summed E-state index contributed by atoms with van der Waals surface area (Å²) in [5.41, 5.74) is 2.95. The molecule has 1 aromatic rings. The van der Waals surface area contributed by atoms with Crippen molar-refractivity contribution in [2.24, 2.45) is 5.92 Å². The molecule has 0 aromatic heterocycles. The Kier molecular flexibility index (Phi) is 3.65. The number of rotatable bonds is 4. The van der Waals surface area contributed by atoms with Gasteiger partial charge in [0.05, 0.1) is 0 Å². The lowest BCUT2D eigenvalue weighted by Crippen LogP contribution is -2.21. The lowest BCUT2D eigenvalue weighted by Gasteiger charge is -2.27. The zero-order valence-corrected chi connectivity index (χ0v) is 10.7. The summed E-state index contributed by atoms with van der Waals surface area (Å²) in [4.78, 5) is 0. The van der Waals surface area contributed by atoms with Gasteiger partial charge in [0, 0.05) is 6.04 Å². The maximum absolute atomic E-state index is 3.39. The summed E-state index contributed by atoms with van der Waals surface area (Å²) in [6.07, 6.45) is 4.19.